The minimum absolute atomic E-state index is 0.124. The highest BCUT2D eigenvalue weighted by Gasteiger charge is 2.21. The van der Waals surface area contributed by atoms with E-state index in [4.69, 9.17) is 0 Å². The van der Waals surface area contributed by atoms with Crippen molar-refractivity contribution in [3.63, 3.8) is 0 Å². The van der Waals surface area contributed by atoms with Crippen molar-refractivity contribution in [2.45, 2.75) is 11.3 Å². The third kappa shape index (κ3) is 5.12. The van der Waals surface area contributed by atoms with Gasteiger partial charge in [-0.3, -0.25) is 9.10 Å². The number of anilines is 1. The molecule has 0 aliphatic rings. The van der Waals surface area contributed by atoms with Crippen LogP contribution in [0.3, 0.4) is 0 Å². The highest BCUT2D eigenvalue weighted by molar-refractivity contribution is 7.92. The first-order chi connectivity index (χ1) is 15.9. The van der Waals surface area contributed by atoms with Crippen molar-refractivity contribution in [3.05, 3.63) is 108 Å². The molecule has 0 radical (unpaired) electrons. The predicted octanol–water partition coefficient (Wildman–Crippen LogP) is 3.67. The second-order valence-corrected chi connectivity index (χ2v) is 9.44. The van der Waals surface area contributed by atoms with Gasteiger partial charge in [-0.05, 0) is 60.5 Å². The Labute approximate surface area is 193 Å². The Morgan fingerprint density at radius 3 is 2.24 bits per heavy atom. The van der Waals surface area contributed by atoms with E-state index in [1.807, 2.05) is 42.6 Å². The van der Waals surface area contributed by atoms with Gasteiger partial charge in [-0.1, -0.05) is 36.4 Å². The third-order valence-corrected chi connectivity index (χ3v) is 7.05. The van der Waals surface area contributed by atoms with Gasteiger partial charge in [0.25, 0.3) is 15.9 Å². The number of aromatic nitrogens is 2. The zero-order valence-corrected chi connectivity index (χ0v) is 18.9. The van der Waals surface area contributed by atoms with Gasteiger partial charge in [0.1, 0.15) is 0 Å². The molecule has 4 aromatic rings. The Kier molecular flexibility index (Phi) is 6.55. The van der Waals surface area contributed by atoms with E-state index >= 15 is 0 Å². The molecule has 0 saturated carbocycles. The van der Waals surface area contributed by atoms with Crippen molar-refractivity contribution in [1.82, 2.24) is 15.1 Å². The molecule has 0 unspecified atom stereocenters. The lowest BCUT2D eigenvalue weighted by Gasteiger charge is -2.19. The molecule has 0 spiro atoms. The summed E-state index contributed by atoms with van der Waals surface area (Å²) in [4.78, 5) is 12.6. The van der Waals surface area contributed by atoms with Crippen molar-refractivity contribution < 1.29 is 13.2 Å². The third-order valence-electron chi connectivity index (χ3n) is 5.25. The second-order valence-electron chi connectivity index (χ2n) is 7.47. The number of para-hydroxylation sites is 2. The highest BCUT2D eigenvalue weighted by Crippen LogP contribution is 2.22. The molecule has 1 N–H and O–H groups in total. The fourth-order valence-corrected chi connectivity index (χ4v) is 4.54. The Hall–Kier alpha value is -3.91. The largest absolute Gasteiger partial charge is 0.352 e. The number of nitrogens with zero attached hydrogens (tertiary/aromatic N) is 3. The zero-order chi connectivity index (χ0) is 23.3. The van der Waals surface area contributed by atoms with Crippen LogP contribution in [0.15, 0.2) is 102 Å². The van der Waals surface area contributed by atoms with E-state index in [-0.39, 0.29) is 10.8 Å². The number of carbonyl (C=O) groups is 1. The van der Waals surface area contributed by atoms with E-state index in [1.54, 1.807) is 35.1 Å². The van der Waals surface area contributed by atoms with Gasteiger partial charge in [-0.25, -0.2) is 13.1 Å². The lowest BCUT2D eigenvalue weighted by atomic mass is 10.2. The number of amides is 1. The number of carbonyl (C=O) groups excluding carboxylic acids is 1. The Bertz CT molecular complexity index is 1320. The molecule has 33 heavy (non-hydrogen) atoms. The van der Waals surface area contributed by atoms with Crippen LogP contribution in [0.1, 0.15) is 15.9 Å². The first kappa shape index (κ1) is 22.3. The summed E-state index contributed by atoms with van der Waals surface area (Å²) in [6, 6.07) is 24.6. The maximum absolute atomic E-state index is 12.9. The lowest BCUT2D eigenvalue weighted by molar-refractivity contribution is 0.0954. The zero-order valence-electron chi connectivity index (χ0n) is 18.1. The normalized spacial score (nSPS) is 11.2. The molecular formula is C25H24N4O3S. The summed E-state index contributed by atoms with van der Waals surface area (Å²) >= 11 is 0. The molecule has 0 atom stereocenters. The number of hydrogen-bond donors (Lipinski definition) is 1. The molecule has 0 aliphatic carbocycles. The van der Waals surface area contributed by atoms with Gasteiger partial charge < -0.3 is 5.32 Å². The fourth-order valence-electron chi connectivity index (χ4n) is 3.35. The van der Waals surface area contributed by atoms with Crippen molar-refractivity contribution in [1.29, 1.82) is 0 Å². The molecule has 7 nitrogen and oxygen atoms in total. The monoisotopic (exact) mass is 460 g/mol. The SMILES string of the molecule is CN(c1ccccc1)S(=O)(=O)c1ccc(C(=O)NCCc2cnn(-c3ccccc3)c2)cc1. The second kappa shape index (κ2) is 9.70. The van der Waals surface area contributed by atoms with Crippen molar-refractivity contribution in [2.24, 2.45) is 0 Å². The molecule has 1 heterocycles. The van der Waals surface area contributed by atoms with Crippen LogP contribution in [0, 0.1) is 0 Å². The maximum atomic E-state index is 12.9. The average Bonchev–Trinajstić information content (AvgIpc) is 3.33. The summed E-state index contributed by atoms with van der Waals surface area (Å²) in [5, 5.41) is 7.22. The smallest absolute Gasteiger partial charge is 0.264 e. The Morgan fingerprint density at radius 2 is 1.58 bits per heavy atom. The predicted molar refractivity (Wildman–Crippen MR) is 128 cm³/mol. The number of hydrogen-bond acceptors (Lipinski definition) is 4. The first-order valence-electron chi connectivity index (χ1n) is 10.5. The summed E-state index contributed by atoms with van der Waals surface area (Å²) in [5.74, 6) is -0.259. The van der Waals surface area contributed by atoms with E-state index in [9.17, 15) is 13.2 Å². The molecule has 4 rings (SSSR count). The molecular weight excluding hydrogens is 436 g/mol. The number of sulfonamides is 1. The molecule has 0 bridgehead atoms. The van der Waals surface area contributed by atoms with Crippen LogP contribution in [0.25, 0.3) is 5.69 Å². The Morgan fingerprint density at radius 1 is 0.939 bits per heavy atom. The van der Waals surface area contributed by atoms with E-state index in [1.165, 1.54) is 35.6 Å². The number of rotatable bonds is 8. The molecule has 8 heteroatoms. The fraction of sp³-hybridized carbons (Fsp3) is 0.120. The molecule has 168 valence electrons. The van der Waals surface area contributed by atoms with Gasteiger partial charge in [0.05, 0.1) is 22.5 Å². The quantitative estimate of drug-likeness (QED) is 0.435. The van der Waals surface area contributed by atoms with Gasteiger partial charge in [0.15, 0.2) is 0 Å². The van der Waals surface area contributed by atoms with E-state index in [0.717, 1.165) is 11.3 Å². The first-order valence-corrected chi connectivity index (χ1v) is 11.9. The van der Waals surface area contributed by atoms with Crippen molar-refractivity contribution in [3.8, 4) is 5.69 Å². The van der Waals surface area contributed by atoms with Gasteiger partial charge in [0, 0.05) is 25.4 Å². The van der Waals surface area contributed by atoms with Crippen molar-refractivity contribution >= 4 is 21.6 Å². The minimum Gasteiger partial charge on any atom is -0.352 e. The van der Waals surface area contributed by atoms with Gasteiger partial charge in [0.2, 0.25) is 0 Å². The van der Waals surface area contributed by atoms with Gasteiger partial charge >= 0.3 is 0 Å². The van der Waals surface area contributed by atoms with Crippen LogP contribution >= 0.6 is 0 Å². The van der Waals surface area contributed by atoms with Gasteiger partial charge in [-0.15, -0.1) is 0 Å². The van der Waals surface area contributed by atoms with Crippen molar-refractivity contribution in [2.75, 3.05) is 17.9 Å². The molecule has 0 fully saturated rings. The topological polar surface area (TPSA) is 84.3 Å². The lowest BCUT2D eigenvalue weighted by Crippen LogP contribution is -2.27. The van der Waals surface area contributed by atoms with Crippen LogP contribution in [-0.4, -0.2) is 37.7 Å². The number of nitrogens with one attached hydrogen (secondary N) is 1. The number of benzene rings is 3. The van der Waals surface area contributed by atoms with Crippen LogP contribution in [0.4, 0.5) is 5.69 Å². The molecule has 1 aromatic heterocycles. The standard InChI is InChI=1S/C25H24N4O3S/c1-28(22-8-4-2-5-9-22)33(31,32)24-14-12-21(13-15-24)25(30)26-17-16-20-18-27-29(19-20)23-10-6-3-7-11-23/h2-15,18-19H,16-17H2,1H3,(H,26,30). The van der Waals surface area contributed by atoms with E-state index < -0.39 is 10.0 Å². The maximum Gasteiger partial charge on any atom is 0.264 e. The highest BCUT2D eigenvalue weighted by atomic mass is 32.2. The Balaban J connectivity index is 1.34. The summed E-state index contributed by atoms with van der Waals surface area (Å²) in [6.07, 6.45) is 4.35. The van der Waals surface area contributed by atoms with Gasteiger partial charge in [-0.2, -0.15) is 5.10 Å². The van der Waals surface area contributed by atoms with Crippen LogP contribution < -0.4 is 9.62 Å². The minimum atomic E-state index is -3.72. The van der Waals surface area contributed by atoms with Crippen LogP contribution in [-0.2, 0) is 16.4 Å². The van der Waals surface area contributed by atoms with E-state index in [0.29, 0.717) is 24.2 Å². The summed E-state index contributed by atoms with van der Waals surface area (Å²) in [6.45, 7) is 0.441. The molecule has 0 aliphatic heterocycles. The summed E-state index contributed by atoms with van der Waals surface area (Å²) in [5.41, 5.74) is 2.94. The van der Waals surface area contributed by atoms with Crippen LogP contribution in [0.2, 0.25) is 0 Å². The summed E-state index contributed by atoms with van der Waals surface area (Å²) < 4.78 is 28.7. The molecule has 3 aromatic carbocycles. The molecule has 0 saturated heterocycles. The van der Waals surface area contributed by atoms with Crippen LogP contribution in [0.5, 0.6) is 0 Å². The average molecular weight is 461 g/mol. The summed E-state index contributed by atoms with van der Waals surface area (Å²) in [7, 11) is -2.21. The molecule has 1 amide bonds. The van der Waals surface area contributed by atoms with E-state index in [2.05, 4.69) is 10.4 Å².